The van der Waals surface area contributed by atoms with E-state index >= 15 is 0 Å². The maximum Gasteiger partial charge on any atom is 0.241 e. The summed E-state index contributed by atoms with van der Waals surface area (Å²) in [6.45, 7) is 14.8. The number of rotatable bonds is 5. The van der Waals surface area contributed by atoms with Crippen LogP contribution in [0, 0.1) is 33.6 Å². The van der Waals surface area contributed by atoms with Crippen LogP contribution in [0.4, 0.5) is 0 Å². The van der Waals surface area contributed by atoms with Gasteiger partial charge >= 0.3 is 0 Å². The first-order chi connectivity index (χ1) is 11.1. The Morgan fingerprint density at radius 3 is 2.04 bits per heavy atom. The number of hydrogen-bond acceptors (Lipinski definition) is 3. The second-order valence-corrected chi connectivity index (χ2v) is 9.22. The topological polar surface area (TPSA) is 49.4 Å². The van der Waals surface area contributed by atoms with Gasteiger partial charge < -0.3 is 4.90 Å². The number of aryl methyl sites for hydroxylation is 2. The van der Waals surface area contributed by atoms with Crippen LogP contribution in [0.1, 0.15) is 48.9 Å². The van der Waals surface area contributed by atoms with Gasteiger partial charge in [0, 0.05) is 12.6 Å². The second-order valence-electron chi connectivity index (χ2n) is 7.51. The zero-order chi connectivity index (χ0) is 18.1. The third kappa shape index (κ3) is 4.19. The van der Waals surface area contributed by atoms with E-state index in [4.69, 9.17) is 0 Å². The number of sulfonamides is 1. The quantitative estimate of drug-likeness (QED) is 0.884. The molecule has 4 nitrogen and oxygen atoms in total. The number of likely N-dealkylation sites (tertiary alicyclic amines) is 1. The predicted octanol–water partition coefficient (Wildman–Crippen LogP) is 3.32. The molecule has 1 heterocycles. The van der Waals surface area contributed by atoms with Crippen molar-refractivity contribution < 1.29 is 8.42 Å². The molecule has 0 radical (unpaired) electrons. The minimum Gasteiger partial charge on any atom is -0.301 e. The third-order valence-corrected chi connectivity index (χ3v) is 7.20. The molecule has 5 heteroatoms. The molecule has 2 rings (SSSR count). The van der Waals surface area contributed by atoms with E-state index in [0.717, 1.165) is 48.2 Å². The highest BCUT2D eigenvalue weighted by molar-refractivity contribution is 7.89. The molecule has 0 saturated carbocycles. The molecular weight excluding hydrogens is 320 g/mol. The van der Waals surface area contributed by atoms with Crippen LogP contribution in [0.2, 0.25) is 0 Å². The summed E-state index contributed by atoms with van der Waals surface area (Å²) in [5, 5.41) is 0. The molecule has 1 aromatic carbocycles. The van der Waals surface area contributed by atoms with E-state index in [9.17, 15) is 8.42 Å². The van der Waals surface area contributed by atoms with Gasteiger partial charge in [-0.3, -0.25) is 0 Å². The van der Waals surface area contributed by atoms with Gasteiger partial charge in [0.1, 0.15) is 0 Å². The van der Waals surface area contributed by atoms with E-state index in [1.165, 1.54) is 0 Å². The standard InChI is InChI=1S/C19H32N2O2S/c1-13(2)21-9-7-18(8-10-21)12-20-24(22,23)19-16(5)14(3)11-15(4)17(19)6/h11,13,18,20H,7-10,12H2,1-6H3. The third-order valence-electron chi connectivity index (χ3n) is 5.51. The Hall–Kier alpha value is -0.910. The highest BCUT2D eigenvalue weighted by atomic mass is 32.2. The SMILES string of the molecule is Cc1cc(C)c(C)c(S(=O)(=O)NCC2CCN(C(C)C)CC2)c1C. The maximum atomic E-state index is 12.9. The molecule has 0 aromatic heterocycles. The summed E-state index contributed by atoms with van der Waals surface area (Å²) in [5.74, 6) is 0.432. The van der Waals surface area contributed by atoms with Crippen LogP contribution in [0.3, 0.4) is 0 Å². The highest BCUT2D eigenvalue weighted by Gasteiger charge is 2.25. The molecule has 1 aliphatic heterocycles. The smallest absolute Gasteiger partial charge is 0.241 e. The van der Waals surface area contributed by atoms with Gasteiger partial charge in [0.25, 0.3) is 0 Å². The van der Waals surface area contributed by atoms with Crippen molar-refractivity contribution in [1.29, 1.82) is 0 Å². The first-order valence-corrected chi connectivity index (χ1v) is 10.4. The van der Waals surface area contributed by atoms with Gasteiger partial charge in [-0.05, 0) is 95.6 Å². The molecule has 1 aromatic rings. The Morgan fingerprint density at radius 2 is 1.58 bits per heavy atom. The lowest BCUT2D eigenvalue weighted by molar-refractivity contribution is 0.150. The molecule has 1 N–H and O–H groups in total. The van der Waals surface area contributed by atoms with Gasteiger partial charge in [-0.2, -0.15) is 0 Å². The molecule has 1 fully saturated rings. The molecule has 1 saturated heterocycles. The highest BCUT2D eigenvalue weighted by Crippen LogP contribution is 2.26. The minimum atomic E-state index is -3.46. The van der Waals surface area contributed by atoms with Crippen LogP contribution < -0.4 is 4.72 Å². The molecule has 0 bridgehead atoms. The number of nitrogens with zero attached hydrogens (tertiary/aromatic N) is 1. The van der Waals surface area contributed by atoms with E-state index in [1.54, 1.807) is 0 Å². The molecule has 136 valence electrons. The normalized spacial score (nSPS) is 17.6. The average molecular weight is 353 g/mol. The molecule has 24 heavy (non-hydrogen) atoms. The Kier molecular flexibility index (Phi) is 6.10. The summed E-state index contributed by atoms with van der Waals surface area (Å²) in [7, 11) is -3.46. The number of hydrogen-bond donors (Lipinski definition) is 1. The van der Waals surface area contributed by atoms with Crippen LogP contribution in [0.25, 0.3) is 0 Å². The van der Waals surface area contributed by atoms with Crippen molar-refractivity contribution in [3.8, 4) is 0 Å². The summed E-state index contributed by atoms with van der Waals surface area (Å²) in [6.07, 6.45) is 2.12. The Labute approximate surface area is 147 Å². The number of benzene rings is 1. The van der Waals surface area contributed by atoms with Crippen LogP contribution in [0.15, 0.2) is 11.0 Å². The molecule has 1 aliphatic rings. The van der Waals surface area contributed by atoms with E-state index in [0.29, 0.717) is 23.4 Å². The Morgan fingerprint density at radius 1 is 1.08 bits per heavy atom. The van der Waals surface area contributed by atoms with Crippen molar-refractivity contribution in [3.63, 3.8) is 0 Å². The maximum absolute atomic E-state index is 12.9. The van der Waals surface area contributed by atoms with E-state index < -0.39 is 10.0 Å². The largest absolute Gasteiger partial charge is 0.301 e. The fourth-order valence-corrected chi connectivity index (χ4v) is 5.28. The van der Waals surface area contributed by atoms with Gasteiger partial charge in [-0.15, -0.1) is 0 Å². The van der Waals surface area contributed by atoms with Crippen LogP contribution in [0.5, 0.6) is 0 Å². The average Bonchev–Trinajstić information content (AvgIpc) is 2.51. The molecule has 0 amide bonds. The first kappa shape index (κ1) is 19.4. The van der Waals surface area contributed by atoms with E-state index in [1.807, 2.05) is 27.7 Å². The van der Waals surface area contributed by atoms with Crippen LogP contribution >= 0.6 is 0 Å². The summed E-state index contributed by atoms with van der Waals surface area (Å²) in [5.41, 5.74) is 3.79. The molecule has 0 atom stereocenters. The lowest BCUT2D eigenvalue weighted by atomic mass is 9.96. The van der Waals surface area contributed by atoms with Crippen LogP contribution in [-0.4, -0.2) is 39.0 Å². The second kappa shape index (κ2) is 7.54. The predicted molar refractivity (Wildman–Crippen MR) is 100 cm³/mol. The molecule has 0 aliphatic carbocycles. The Balaban J connectivity index is 2.08. The van der Waals surface area contributed by atoms with Crippen molar-refractivity contribution in [2.45, 2.75) is 65.3 Å². The summed E-state index contributed by atoms with van der Waals surface area (Å²) < 4.78 is 28.6. The van der Waals surface area contributed by atoms with Gasteiger partial charge in [0.2, 0.25) is 10.0 Å². The van der Waals surface area contributed by atoms with Gasteiger partial charge in [-0.25, -0.2) is 13.1 Å². The summed E-state index contributed by atoms with van der Waals surface area (Å²) >= 11 is 0. The fourth-order valence-electron chi connectivity index (χ4n) is 3.56. The number of piperidine rings is 1. The fraction of sp³-hybridized carbons (Fsp3) is 0.684. The van der Waals surface area contributed by atoms with E-state index in [-0.39, 0.29) is 0 Å². The monoisotopic (exact) mass is 352 g/mol. The first-order valence-electron chi connectivity index (χ1n) is 8.94. The lowest BCUT2D eigenvalue weighted by Gasteiger charge is -2.34. The van der Waals surface area contributed by atoms with Crippen molar-refractivity contribution in [2.24, 2.45) is 5.92 Å². The molecule has 0 spiro atoms. The lowest BCUT2D eigenvalue weighted by Crippen LogP contribution is -2.41. The van der Waals surface area contributed by atoms with E-state index in [2.05, 4.69) is 29.5 Å². The Bertz CT molecular complexity index is 662. The van der Waals surface area contributed by atoms with Crippen LogP contribution in [-0.2, 0) is 10.0 Å². The molecule has 0 unspecified atom stereocenters. The van der Waals surface area contributed by atoms with Gasteiger partial charge in [0.15, 0.2) is 0 Å². The van der Waals surface area contributed by atoms with Crippen molar-refractivity contribution >= 4 is 10.0 Å². The van der Waals surface area contributed by atoms with Gasteiger partial charge in [-0.1, -0.05) is 6.07 Å². The summed E-state index contributed by atoms with van der Waals surface area (Å²) in [4.78, 5) is 2.93. The zero-order valence-electron chi connectivity index (χ0n) is 15.9. The van der Waals surface area contributed by atoms with Crippen molar-refractivity contribution in [3.05, 3.63) is 28.3 Å². The minimum absolute atomic E-state index is 0.432. The van der Waals surface area contributed by atoms with Crippen molar-refractivity contribution in [2.75, 3.05) is 19.6 Å². The summed E-state index contributed by atoms with van der Waals surface area (Å²) in [6, 6.07) is 2.63. The van der Waals surface area contributed by atoms with Crippen molar-refractivity contribution in [1.82, 2.24) is 9.62 Å². The van der Waals surface area contributed by atoms with Gasteiger partial charge in [0.05, 0.1) is 4.90 Å². The zero-order valence-corrected chi connectivity index (χ0v) is 16.8. The molecular formula is C19H32N2O2S. The number of nitrogens with one attached hydrogen (secondary N) is 1.